The van der Waals surface area contributed by atoms with Crippen molar-refractivity contribution in [2.75, 3.05) is 0 Å². The Morgan fingerprint density at radius 1 is 0.600 bits per heavy atom. The molecule has 0 radical (unpaired) electrons. The maximum atomic E-state index is 13.4. The highest BCUT2D eigenvalue weighted by atomic mass is 16.4. The number of rotatable bonds is 34. The van der Waals surface area contributed by atoms with Crippen LogP contribution >= 0.6 is 0 Å². The van der Waals surface area contributed by atoms with E-state index in [1.165, 1.54) is 77.0 Å². The number of Topliss-reactive ketones (excluding diaryl/α,β-unsaturated/α-hetero) is 4. The summed E-state index contributed by atoms with van der Waals surface area (Å²) in [6.45, 7) is 4.46. The van der Waals surface area contributed by atoms with E-state index in [2.05, 4.69) is 38.2 Å². The van der Waals surface area contributed by atoms with Gasteiger partial charge < -0.3 is 15.3 Å². The van der Waals surface area contributed by atoms with Crippen molar-refractivity contribution in [2.24, 2.45) is 0 Å². The van der Waals surface area contributed by atoms with Gasteiger partial charge in [-0.2, -0.15) is 0 Å². The third-order valence-electron chi connectivity index (χ3n) is 10.4. The summed E-state index contributed by atoms with van der Waals surface area (Å²) in [6, 6.07) is 0. The number of aliphatic hydroxyl groups is 3. The van der Waals surface area contributed by atoms with Gasteiger partial charge in [-0.1, -0.05) is 147 Å². The van der Waals surface area contributed by atoms with E-state index in [9.17, 15) is 34.5 Å². The molecule has 0 aromatic heterocycles. The molecule has 0 aliphatic heterocycles. The minimum absolute atomic E-state index is 0.0154. The molecule has 50 heavy (non-hydrogen) atoms. The van der Waals surface area contributed by atoms with Crippen LogP contribution < -0.4 is 0 Å². The Bertz CT molecular complexity index is 983. The van der Waals surface area contributed by atoms with E-state index in [0.29, 0.717) is 19.3 Å². The van der Waals surface area contributed by atoms with Crippen molar-refractivity contribution in [3.8, 4) is 0 Å². The second kappa shape index (κ2) is 28.6. The van der Waals surface area contributed by atoms with Gasteiger partial charge in [0.15, 0.2) is 17.3 Å². The van der Waals surface area contributed by atoms with Crippen LogP contribution in [0, 0.1) is 0 Å². The topological polar surface area (TPSA) is 129 Å². The highest BCUT2D eigenvalue weighted by molar-refractivity contribution is 6.28. The maximum absolute atomic E-state index is 13.4. The first-order chi connectivity index (χ1) is 24.2. The van der Waals surface area contributed by atoms with Crippen molar-refractivity contribution < 1.29 is 34.5 Å². The van der Waals surface area contributed by atoms with Gasteiger partial charge in [-0.05, 0) is 64.2 Å². The number of allylic oxidation sites excluding steroid dienone is 4. The first-order valence-electron chi connectivity index (χ1n) is 20.7. The minimum Gasteiger partial charge on any atom is -0.385 e. The molecule has 0 aromatic rings. The van der Waals surface area contributed by atoms with Gasteiger partial charge in [0.2, 0.25) is 17.0 Å². The minimum atomic E-state index is -3.26. The average molecular weight is 703 g/mol. The number of carbonyl (C=O) groups excluding carboxylic acids is 4. The van der Waals surface area contributed by atoms with Gasteiger partial charge in [0.05, 0.1) is 0 Å². The van der Waals surface area contributed by atoms with E-state index in [1.807, 2.05) is 0 Å². The molecule has 3 N–H and O–H groups in total. The molecule has 0 amide bonds. The number of ketones is 4. The van der Waals surface area contributed by atoms with E-state index in [-0.39, 0.29) is 25.7 Å². The zero-order valence-electron chi connectivity index (χ0n) is 32.1. The highest BCUT2D eigenvalue weighted by Crippen LogP contribution is 2.37. The predicted octanol–water partition coefficient (Wildman–Crippen LogP) is 9.95. The van der Waals surface area contributed by atoms with E-state index >= 15 is 0 Å². The van der Waals surface area contributed by atoms with Crippen molar-refractivity contribution in [3.63, 3.8) is 0 Å². The molecule has 0 heterocycles. The standard InChI is InChI=1S/C43H74O7/c1-3-5-7-9-11-13-15-17-19-21-23-25-27-29-31-33-37(44)41(48)43(50,42(49)39(46)35-36-40(42)47)38(45)34-32-30-28-26-24-22-20-18-16-14-12-10-8-6-4-2/h17-20,37,44,49-50H,3-16,21-36H2,1-2H3. The molecule has 1 rings (SSSR count). The largest absolute Gasteiger partial charge is 0.385 e. The van der Waals surface area contributed by atoms with Crippen molar-refractivity contribution >= 4 is 23.1 Å². The Morgan fingerprint density at radius 2 is 0.940 bits per heavy atom. The molecular weight excluding hydrogens is 628 g/mol. The van der Waals surface area contributed by atoms with Crippen LogP contribution in [-0.4, -0.2) is 55.8 Å². The summed E-state index contributed by atoms with van der Waals surface area (Å²) in [5.41, 5.74) is -6.40. The first-order valence-corrected chi connectivity index (χ1v) is 20.7. The molecule has 7 heteroatoms. The molecule has 0 spiro atoms. The highest BCUT2D eigenvalue weighted by Gasteiger charge is 2.69. The van der Waals surface area contributed by atoms with Crippen LogP contribution in [0.25, 0.3) is 0 Å². The van der Waals surface area contributed by atoms with Crippen molar-refractivity contribution in [3.05, 3.63) is 24.3 Å². The fourth-order valence-corrected chi connectivity index (χ4v) is 6.98. The summed E-state index contributed by atoms with van der Waals surface area (Å²) >= 11 is 0. The van der Waals surface area contributed by atoms with Gasteiger partial charge in [0, 0.05) is 19.3 Å². The van der Waals surface area contributed by atoms with Gasteiger partial charge in [-0.3, -0.25) is 19.2 Å². The van der Waals surface area contributed by atoms with Gasteiger partial charge in [-0.25, -0.2) is 0 Å². The van der Waals surface area contributed by atoms with E-state index < -0.39 is 40.4 Å². The Morgan fingerprint density at radius 3 is 1.34 bits per heavy atom. The molecular formula is C43H74O7. The lowest BCUT2D eigenvalue weighted by molar-refractivity contribution is -0.190. The van der Waals surface area contributed by atoms with Crippen molar-refractivity contribution in [2.45, 2.75) is 224 Å². The third-order valence-corrected chi connectivity index (χ3v) is 10.4. The molecule has 7 nitrogen and oxygen atoms in total. The van der Waals surface area contributed by atoms with Gasteiger partial charge in [0.25, 0.3) is 0 Å². The quantitative estimate of drug-likeness (QED) is 0.0346. The van der Waals surface area contributed by atoms with Crippen LogP contribution in [0.15, 0.2) is 24.3 Å². The van der Waals surface area contributed by atoms with Crippen molar-refractivity contribution in [1.29, 1.82) is 0 Å². The van der Waals surface area contributed by atoms with Gasteiger partial charge in [-0.15, -0.1) is 0 Å². The van der Waals surface area contributed by atoms with E-state index in [1.54, 1.807) is 0 Å². The zero-order chi connectivity index (χ0) is 36.9. The Balaban J connectivity index is 2.43. The lowest BCUT2D eigenvalue weighted by Gasteiger charge is -2.37. The zero-order valence-corrected chi connectivity index (χ0v) is 32.1. The molecule has 288 valence electrons. The molecule has 1 saturated carbocycles. The third kappa shape index (κ3) is 17.0. The van der Waals surface area contributed by atoms with Gasteiger partial charge in [0.1, 0.15) is 6.10 Å². The molecule has 0 bridgehead atoms. The summed E-state index contributed by atoms with van der Waals surface area (Å²) in [5.74, 6) is -4.47. The fraction of sp³-hybridized carbons (Fsp3) is 0.814. The fourth-order valence-electron chi connectivity index (χ4n) is 6.98. The number of aliphatic hydroxyl groups excluding tert-OH is 1. The lowest BCUT2D eigenvalue weighted by atomic mass is 9.71. The number of carbonyl (C=O) groups is 4. The molecule has 2 atom stereocenters. The number of unbranched alkanes of at least 4 members (excludes halogenated alkanes) is 22. The molecule has 0 aromatic carbocycles. The van der Waals surface area contributed by atoms with E-state index in [0.717, 1.165) is 70.6 Å². The molecule has 1 aliphatic rings. The second-order valence-electron chi connectivity index (χ2n) is 14.8. The average Bonchev–Trinajstić information content (AvgIpc) is 3.38. The van der Waals surface area contributed by atoms with Crippen LogP contribution in [0.4, 0.5) is 0 Å². The lowest BCUT2D eigenvalue weighted by Crippen LogP contribution is -2.71. The van der Waals surface area contributed by atoms with Crippen LogP contribution in [-0.2, 0) is 19.2 Å². The van der Waals surface area contributed by atoms with Crippen LogP contribution in [0.5, 0.6) is 0 Å². The summed E-state index contributed by atoms with van der Waals surface area (Å²) < 4.78 is 0. The number of hydrogen-bond acceptors (Lipinski definition) is 7. The number of hydrogen-bond donors (Lipinski definition) is 3. The summed E-state index contributed by atoms with van der Waals surface area (Å²) in [4.78, 5) is 52.2. The van der Waals surface area contributed by atoms with Gasteiger partial charge >= 0.3 is 0 Å². The molecule has 2 unspecified atom stereocenters. The summed E-state index contributed by atoms with van der Waals surface area (Å²) in [6.07, 6.45) is 34.3. The summed E-state index contributed by atoms with van der Waals surface area (Å²) in [7, 11) is 0. The molecule has 1 aliphatic carbocycles. The first kappa shape index (κ1) is 46.1. The maximum Gasteiger partial charge on any atom is 0.227 e. The van der Waals surface area contributed by atoms with E-state index in [4.69, 9.17) is 0 Å². The summed E-state index contributed by atoms with van der Waals surface area (Å²) in [5, 5.41) is 33.4. The van der Waals surface area contributed by atoms with Crippen LogP contribution in [0.2, 0.25) is 0 Å². The Kier molecular flexibility index (Phi) is 26.4. The monoisotopic (exact) mass is 703 g/mol. The normalized spacial score (nSPS) is 16.5. The molecule has 1 fully saturated rings. The van der Waals surface area contributed by atoms with Crippen LogP contribution in [0.3, 0.4) is 0 Å². The molecule has 0 saturated heterocycles. The van der Waals surface area contributed by atoms with Crippen LogP contribution in [0.1, 0.15) is 206 Å². The van der Waals surface area contributed by atoms with Crippen molar-refractivity contribution in [1.82, 2.24) is 0 Å². The smallest absolute Gasteiger partial charge is 0.227 e. The predicted molar refractivity (Wildman–Crippen MR) is 204 cm³/mol. The SMILES string of the molecule is CCCCCCCCC=CCCCCCCCC(=O)C(O)(C(=O)C(O)CCCCCCCC=CCCCCCCCC)C1(O)C(=O)CCC1=O. The second-order valence-corrected chi connectivity index (χ2v) is 14.8. The Labute approximate surface area is 305 Å². The Hall–Kier alpha value is -1.96.